The Morgan fingerprint density at radius 1 is 1.12 bits per heavy atom. The first-order valence-electron chi connectivity index (χ1n) is 8.39. The van der Waals surface area contributed by atoms with Crippen molar-refractivity contribution < 1.29 is 19.1 Å². The number of methoxy groups -OCH3 is 2. The highest BCUT2D eigenvalue weighted by molar-refractivity contribution is 5.98. The second-order valence-corrected chi connectivity index (χ2v) is 6.45. The molecule has 1 heterocycles. The highest BCUT2D eigenvalue weighted by Crippen LogP contribution is 2.31. The Hall–Kier alpha value is -2.24. The summed E-state index contributed by atoms with van der Waals surface area (Å²) in [5, 5.41) is 3.00. The van der Waals surface area contributed by atoms with Gasteiger partial charge >= 0.3 is 0 Å². The predicted molar refractivity (Wildman–Crippen MR) is 89.5 cm³/mol. The molecule has 0 aromatic heterocycles. The van der Waals surface area contributed by atoms with Crippen molar-refractivity contribution in [3.05, 3.63) is 23.3 Å². The molecule has 1 aromatic rings. The van der Waals surface area contributed by atoms with Gasteiger partial charge in [-0.2, -0.15) is 0 Å². The number of hydrogen-bond acceptors (Lipinski definition) is 4. The smallest absolute Gasteiger partial charge is 0.254 e. The summed E-state index contributed by atoms with van der Waals surface area (Å²) in [6.07, 6.45) is 3.64. The molecule has 1 atom stereocenters. The van der Waals surface area contributed by atoms with Gasteiger partial charge in [-0.15, -0.1) is 0 Å². The highest BCUT2D eigenvalue weighted by Gasteiger charge is 2.37. The molecule has 1 N–H and O–H groups in total. The van der Waals surface area contributed by atoms with E-state index in [-0.39, 0.29) is 17.9 Å². The van der Waals surface area contributed by atoms with Gasteiger partial charge in [0.05, 0.1) is 14.2 Å². The summed E-state index contributed by atoms with van der Waals surface area (Å²) in [6.45, 7) is 2.48. The highest BCUT2D eigenvalue weighted by atomic mass is 16.5. The van der Waals surface area contributed by atoms with E-state index in [9.17, 15) is 9.59 Å². The van der Waals surface area contributed by atoms with E-state index < -0.39 is 0 Å². The molecule has 0 spiro atoms. The molecule has 2 amide bonds. The van der Waals surface area contributed by atoms with E-state index in [1.807, 2.05) is 6.92 Å². The van der Waals surface area contributed by atoms with Crippen LogP contribution in [0.1, 0.15) is 41.6 Å². The van der Waals surface area contributed by atoms with Gasteiger partial charge in [-0.1, -0.05) is 0 Å². The van der Waals surface area contributed by atoms with Gasteiger partial charge in [0.25, 0.3) is 5.91 Å². The second kappa shape index (κ2) is 6.71. The van der Waals surface area contributed by atoms with Gasteiger partial charge < -0.3 is 19.7 Å². The molecule has 24 heavy (non-hydrogen) atoms. The normalized spacial score (nSPS) is 20.0. The van der Waals surface area contributed by atoms with Crippen molar-refractivity contribution in [2.24, 2.45) is 0 Å². The molecule has 1 saturated carbocycles. The molecule has 2 fully saturated rings. The Labute approximate surface area is 142 Å². The van der Waals surface area contributed by atoms with E-state index in [1.54, 1.807) is 31.3 Å². The standard InChI is InChI=1S/C18H24N2O4/c1-11-15(23-2)9-12(10-16(11)24-3)18(22)20-8-4-5-14(20)17(21)19-13-6-7-13/h9-10,13-14H,4-8H2,1-3H3,(H,19,21)/t14-/m0/s1. The van der Waals surface area contributed by atoms with Crippen LogP contribution in [-0.4, -0.2) is 49.6 Å². The molecular weight excluding hydrogens is 308 g/mol. The van der Waals surface area contributed by atoms with Crippen LogP contribution >= 0.6 is 0 Å². The van der Waals surface area contributed by atoms with Crippen LogP contribution < -0.4 is 14.8 Å². The van der Waals surface area contributed by atoms with Crippen LogP contribution in [0.4, 0.5) is 0 Å². The Morgan fingerprint density at radius 2 is 1.75 bits per heavy atom. The van der Waals surface area contributed by atoms with Crippen molar-refractivity contribution in [1.82, 2.24) is 10.2 Å². The molecule has 1 saturated heterocycles. The Morgan fingerprint density at radius 3 is 2.29 bits per heavy atom. The number of rotatable bonds is 5. The zero-order valence-electron chi connectivity index (χ0n) is 14.4. The van der Waals surface area contributed by atoms with Crippen molar-refractivity contribution in [3.63, 3.8) is 0 Å². The third-order valence-electron chi connectivity index (χ3n) is 4.74. The molecule has 3 rings (SSSR count). The number of carbonyl (C=O) groups is 2. The van der Waals surface area contributed by atoms with Crippen LogP contribution in [0.3, 0.4) is 0 Å². The topological polar surface area (TPSA) is 67.9 Å². The maximum Gasteiger partial charge on any atom is 0.254 e. The van der Waals surface area contributed by atoms with Gasteiger partial charge in [-0.3, -0.25) is 9.59 Å². The molecule has 6 nitrogen and oxygen atoms in total. The van der Waals surface area contributed by atoms with Crippen molar-refractivity contribution in [3.8, 4) is 11.5 Å². The van der Waals surface area contributed by atoms with Crippen LogP contribution in [0, 0.1) is 6.92 Å². The number of carbonyl (C=O) groups excluding carboxylic acids is 2. The van der Waals surface area contributed by atoms with Crippen LogP contribution in [-0.2, 0) is 4.79 Å². The summed E-state index contributed by atoms with van der Waals surface area (Å²) in [5.74, 6) is 1.03. The summed E-state index contributed by atoms with van der Waals surface area (Å²) >= 11 is 0. The summed E-state index contributed by atoms with van der Waals surface area (Å²) in [5.41, 5.74) is 1.33. The molecule has 1 aliphatic carbocycles. The summed E-state index contributed by atoms with van der Waals surface area (Å²) in [6, 6.07) is 3.36. The molecule has 0 bridgehead atoms. The average Bonchev–Trinajstić information content (AvgIpc) is 3.26. The van der Waals surface area contributed by atoms with Crippen LogP contribution in [0.25, 0.3) is 0 Å². The minimum Gasteiger partial charge on any atom is -0.496 e. The monoisotopic (exact) mass is 332 g/mol. The summed E-state index contributed by atoms with van der Waals surface area (Å²) < 4.78 is 10.7. The summed E-state index contributed by atoms with van der Waals surface area (Å²) in [4.78, 5) is 27.0. The SMILES string of the molecule is COc1cc(C(=O)N2CCC[C@H]2C(=O)NC2CC2)cc(OC)c1C. The van der Waals surface area contributed by atoms with Crippen LogP contribution in [0.15, 0.2) is 12.1 Å². The fraction of sp³-hybridized carbons (Fsp3) is 0.556. The molecule has 6 heteroatoms. The number of benzene rings is 1. The molecule has 1 aromatic carbocycles. The molecular formula is C18H24N2O4. The molecule has 130 valence electrons. The first kappa shape index (κ1) is 16.6. The lowest BCUT2D eigenvalue weighted by Crippen LogP contribution is -2.46. The maximum absolute atomic E-state index is 12.9. The van der Waals surface area contributed by atoms with Gasteiger partial charge in [-0.05, 0) is 44.7 Å². The van der Waals surface area contributed by atoms with Crippen molar-refractivity contribution in [2.45, 2.75) is 44.7 Å². The number of nitrogens with one attached hydrogen (secondary N) is 1. The van der Waals surface area contributed by atoms with E-state index in [0.717, 1.165) is 24.8 Å². The predicted octanol–water partition coefficient (Wildman–Crippen LogP) is 1.90. The molecule has 0 radical (unpaired) electrons. The number of hydrogen-bond donors (Lipinski definition) is 1. The average molecular weight is 332 g/mol. The Balaban J connectivity index is 1.83. The molecule has 0 unspecified atom stereocenters. The quantitative estimate of drug-likeness (QED) is 0.894. The zero-order chi connectivity index (χ0) is 17.3. The lowest BCUT2D eigenvalue weighted by atomic mass is 10.1. The van der Waals surface area contributed by atoms with E-state index >= 15 is 0 Å². The van der Waals surface area contributed by atoms with Crippen molar-refractivity contribution >= 4 is 11.8 Å². The summed E-state index contributed by atoms with van der Waals surface area (Å²) in [7, 11) is 3.13. The minimum absolute atomic E-state index is 0.0330. The lowest BCUT2D eigenvalue weighted by Gasteiger charge is -2.24. The fourth-order valence-electron chi connectivity index (χ4n) is 3.18. The Kier molecular flexibility index (Phi) is 4.64. The first-order chi connectivity index (χ1) is 11.5. The zero-order valence-corrected chi connectivity index (χ0v) is 14.4. The largest absolute Gasteiger partial charge is 0.496 e. The third kappa shape index (κ3) is 3.18. The van der Waals surface area contributed by atoms with E-state index in [0.29, 0.717) is 36.1 Å². The van der Waals surface area contributed by atoms with E-state index in [2.05, 4.69) is 5.32 Å². The maximum atomic E-state index is 12.9. The molecule has 2 aliphatic rings. The van der Waals surface area contributed by atoms with Gasteiger partial charge in [0, 0.05) is 23.7 Å². The van der Waals surface area contributed by atoms with Gasteiger partial charge in [0.1, 0.15) is 17.5 Å². The van der Waals surface area contributed by atoms with Gasteiger partial charge in [0.2, 0.25) is 5.91 Å². The van der Waals surface area contributed by atoms with E-state index in [1.165, 1.54) is 0 Å². The van der Waals surface area contributed by atoms with Crippen molar-refractivity contribution in [1.29, 1.82) is 0 Å². The Bertz CT molecular complexity index is 629. The number of ether oxygens (including phenoxy) is 2. The number of nitrogens with zero attached hydrogens (tertiary/aromatic N) is 1. The number of likely N-dealkylation sites (tertiary alicyclic amines) is 1. The first-order valence-corrected chi connectivity index (χ1v) is 8.39. The molecule has 1 aliphatic heterocycles. The second-order valence-electron chi connectivity index (χ2n) is 6.45. The lowest BCUT2D eigenvalue weighted by molar-refractivity contribution is -0.125. The van der Waals surface area contributed by atoms with Gasteiger partial charge in [0.15, 0.2) is 0 Å². The van der Waals surface area contributed by atoms with Gasteiger partial charge in [-0.25, -0.2) is 0 Å². The fourth-order valence-corrected chi connectivity index (χ4v) is 3.18. The van der Waals surface area contributed by atoms with Crippen molar-refractivity contribution in [2.75, 3.05) is 20.8 Å². The van der Waals surface area contributed by atoms with Crippen LogP contribution in [0.5, 0.6) is 11.5 Å². The van der Waals surface area contributed by atoms with E-state index in [4.69, 9.17) is 9.47 Å². The third-order valence-corrected chi connectivity index (χ3v) is 4.74. The minimum atomic E-state index is -0.378. The van der Waals surface area contributed by atoms with Crippen LogP contribution in [0.2, 0.25) is 0 Å². The number of amides is 2.